The highest BCUT2D eigenvalue weighted by Gasteiger charge is 2.15. The van der Waals surface area contributed by atoms with E-state index in [1.165, 1.54) is 10.4 Å². The molecule has 1 aromatic carbocycles. The molecule has 1 atom stereocenters. The second kappa shape index (κ2) is 5.05. The minimum absolute atomic E-state index is 0.00407. The Labute approximate surface area is 116 Å². The number of carbonyl (C=O) groups excluding carboxylic acids is 1. The van der Waals surface area contributed by atoms with Gasteiger partial charge in [0, 0.05) is 22.7 Å². The highest BCUT2D eigenvalue weighted by Crippen LogP contribution is 2.24. The van der Waals surface area contributed by atoms with Crippen LogP contribution in [0.5, 0.6) is 0 Å². The van der Waals surface area contributed by atoms with E-state index in [4.69, 9.17) is 0 Å². The smallest absolute Gasteiger partial charge is 0.251 e. The first-order valence-electron chi connectivity index (χ1n) is 6.45. The number of amides is 1. The van der Waals surface area contributed by atoms with Crippen LogP contribution in [0.3, 0.4) is 0 Å². The molecule has 0 radical (unpaired) electrons. The van der Waals surface area contributed by atoms with E-state index in [0.29, 0.717) is 0 Å². The van der Waals surface area contributed by atoms with Gasteiger partial charge in [0.05, 0.1) is 6.04 Å². The molecule has 0 aliphatic carbocycles. The van der Waals surface area contributed by atoms with Crippen molar-refractivity contribution < 1.29 is 4.79 Å². The van der Waals surface area contributed by atoms with Crippen LogP contribution < -0.4 is 10.6 Å². The summed E-state index contributed by atoms with van der Waals surface area (Å²) in [7, 11) is 0. The van der Waals surface area contributed by atoms with Crippen molar-refractivity contribution in [3.05, 3.63) is 51.7 Å². The predicted molar refractivity (Wildman–Crippen MR) is 78.8 cm³/mol. The molecular weight excluding hydrogens is 256 g/mol. The summed E-state index contributed by atoms with van der Waals surface area (Å²) in [6.45, 7) is 2.98. The zero-order valence-corrected chi connectivity index (χ0v) is 11.6. The molecule has 3 nitrogen and oxygen atoms in total. The van der Waals surface area contributed by atoms with Gasteiger partial charge in [0.25, 0.3) is 5.91 Å². The molecule has 2 heterocycles. The first-order valence-corrected chi connectivity index (χ1v) is 7.33. The summed E-state index contributed by atoms with van der Waals surface area (Å²) >= 11 is 1.66. The van der Waals surface area contributed by atoms with Crippen LogP contribution in [0.25, 0.3) is 0 Å². The molecule has 1 aromatic heterocycles. The number of carbonyl (C=O) groups is 1. The maximum Gasteiger partial charge on any atom is 0.251 e. The fourth-order valence-electron chi connectivity index (χ4n) is 2.33. The number of fused-ring (bicyclic) bond motifs is 1. The lowest BCUT2D eigenvalue weighted by Gasteiger charge is -2.12. The van der Waals surface area contributed by atoms with Gasteiger partial charge in [-0.3, -0.25) is 4.79 Å². The van der Waals surface area contributed by atoms with Gasteiger partial charge in [0.1, 0.15) is 0 Å². The van der Waals surface area contributed by atoms with Crippen molar-refractivity contribution in [1.82, 2.24) is 5.32 Å². The van der Waals surface area contributed by atoms with Crippen LogP contribution in [0, 0.1) is 0 Å². The molecule has 1 aliphatic heterocycles. The van der Waals surface area contributed by atoms with E-state index in [1.807, 2.05) is 42.6 Å². The maximum atomic E-state index is 12.2. The van der Waals surface area contributed by atoms with Gasteiger partial charge in [-0.2, -0.15) is 0 Å². The molecule has 0 saturated heterocycles. The van der Waals surface area contributed by atoms with Crippen LogP contribution >= 0.6 is 11.3 Å². The van der Waals surface area contributed by atoms with E-state index in [2.05, 4.69) is 10.6 Å². The SMILES string of the molecule is CC(NC(=O)c1ccc2c(c1)CCN2)c1cccs1. The molecule has 1 aliphatic rings. The van der Waals surface area contributed by atoms with Crippen LogP contribution in [-0.2, 0) is 6.42 Å². The van der Waals surface area contributed by atoms with E-state index in [9.17, 15) is 4.79 Å². The Morgan fingerprint density at radius 3 is 3.11 bits per heavy atom. The Kier molecular flexibility index (Phi) is 3.25. The number of thiophene rings is 1. The van der Waals surface area contributed by atoms with E-state index in [1.54, 1.807) is 11.3 Å². The van der Waals surface area contributed by atoms with Crippen LogP contribution in [0.4, 0.5) is 5.69 Å². The molecule has 1 unspecified atom stereocenters. The molecular formula is C15H16N2OS. The van der Waals surface area contributed by atoms with E-state index < -0.39 is 0 Å². The molecule has 0 bridgehead atoms. The average molecular weight is 272 g/mol. The second-order valence-electron chi connectivity index (χ2n) is 4.76. The van der Waals surface area contributed by atoms with Gasteiger partial charge in [-0.05, 0) is 48.6 Å². The monoisotopic (exact) mass is 272 g/mol. The van der Waals surface area contributed by atoms with Gasteiger partial charge in [0.15, 0.2) is 0 Å². The topological polar surface area (TPSA) is 41.1 Å². The molecule has 0 spiro atoms. The third-order valence-corrected chi connectivity index (χ3v) is 4.45. The van der Waals surface area contributed by atoms with Crippen LogP contribution in [0.1, 0.15) is 33.8 Å². The van der Waals surface area contributed by atoms with Crippen LogP contribution in [0.2, 0.25) is 0 Å². The number of nitrogens with one attached hydrogen (secondary N) is 2. The first-order chi connectivity index (χ1) is 9.24. The van der Waals surface area contributed by atoms with Gasteiger partial charge < -0.3 is 10.6 Å². The Bertz CT molecular complexity index is 592. The summed E-state index contributed by atoms with van der Waals surface area (Å²) in [4.78, 5) is 13.4. The minimum Gasteiger partial charge on any atom is -0.384 e. The van der Waals surface area contributed by atoms with Gasteiger partial charge in [-0.1, -0.05) is 6.07 Å². The van der Waals surface area contributed by atoms with Gasteiger partial charge >= 0.3 is 0 Å². The summed E-state index contributed by atoms with van der Waals surface area (Å²) in [6, 6.07) is 9.97. The third kappa shape index (κ3) is 2.49. The van der Waals surface area contributed by atoms with Crippen molar-refractivity contribution in [2.24, 2.45) is 0 Å². The summed E-state index contributed by atoms with van der Waals surface area (Å²) in [5.74, 6) is -0.00407. The average Bonchev–Trinajstić information content (AvgIpc) is 3.09. The second-order valence-corrected chi connectivity index (χ2v) is 5.74. The van der Waals surface area contributed by atoms with Crippen molar-refractivity contribution >= 4 is 22.9 Å². The molecule has 2 aromatic rings. The molecule has 2 N–H and O–H groups in total. The minimum atomic E-state index is -0.00407. The van der Waals surface area contributed by atoms with Crippen LogP contribution in [-0.4, -0.2) is 12.5 Å². The number of benzene rings is 1. The molecule has 3 rings (SSSR count). The van der Waals surface area contributed by atoms with E-state index in [0.717, 1.165) is 24.2 Å². The maximum absolute atomic E-state index is 12.2. The fourth-order valence-corrected chi connectivity index (χ4v) is 3.07. The van der Waals surface area contributed by atoms with Crippen molar-refractivity contribution in [3.8, 4) is 0 Å². The number of anilines is 1. The van der Waals surface area contributed by atoms with Crippen LogP contribution in [0.15, 0.2) is 35.7 Å². The Morgan fingerprint density at radius 1 is 1.42 bits per heavy atom. The predicted octanol–water partition coefficient (Wildman–Crippen LogP) is 3.21. The molecule has 0 fully saturated rings. The standard InChI is InChI=1S/C15H16N2OS/c1-10(14-3-2-8-19-14)17-15(18)12-4-5-13-11(9-12)6-7-16-13/h2-5,8-10,16H,6-7H2,1H3,(H,17,18). The molecule has 0 saturated carbocycles. The number of rotatable bonds is 3. The lowest BCUT2D eigenvalue weighted by atomic mass is 10.1. The largest absolute Gasteiger partial charge is 0.384 e. The van der Waals surface area contributed by atoms with E-state index in [-0.39, 0.29) is 11.9 Å². The van der Waals surface area contributed by atoms with Gasteiger partial charge in [-0.15, -0.1) is 11.3 Å². The van der Waals surface area contributed by atoms with Crippen molar-refractivity contribution in [3.63, 3.8) is 0 Å². The Morgan fingerprint density at radius 2 is 2.32 bits per heavy atom. The lowest BCUT2D eigenvalue weighted by molar-refractivity contribution is 0.0940. The summed E-state index contributed by atoms with van der Waals surface area (Å²) in [6.07, 6.45) is 0.997. The summed E-state index contributed by atoms with van der Waals surface area (Å²) in [5.41, 5.74) is 3.13. The van der Waals surface area contributed by atoms with Gasteiger partial charge in [0.2, 0.25) is 0 Å². The highest BCUT2D eigenvalue weighted by atomic mass is 32.1. The highest BCUT2D eigenvalue weighted by molar-refractivity contribution is 7.10. The van der Waals surface area contributed by atoms with Crippen molar-refractivity contribution in [1.29, 1.82) is 0 Å². The molecule has 4 heteroatoms. The van der Waals surface area contributed by atoms with Gasteiger partial charge in [-0.25, -0.2) is 0 Å². The molecule has 1 amide bonds. The number of hydrogen-bond acceptors (Lipinski definition) is 3. The quantitative estimate of drug-likeness (QED) is 0.901. The zero-order valence-electron chi connectivity index (χ0n) is 10.8. The van der Waals surface area contributed by atoms with E-state index >= 15 is 0 Å². The van der Waals surface area contributed by atoms with Crippen molar-refractivity contribution in [2.75, 3.05) is 11.9 Å². The lowest BCUT2D eigenvalue weighted by Crippen LogP contribution is -2.26. The third-order valence-electron chi connectivity index (χ3n) is 3.39. The summed E-state index contributed by atoms with van der Waals surface area (Å²) < 4.78 is 0. The Hall–Kier alpha value is -1.81. The Balaban J connectivity index is 1.74. The van der Waals surface area contributed by atoms with Crippen molar-refractivity contribution in [2.45, 2.75) is 19.4 Å². The normalized spacial score (nSPS) is 14.6. The molecule has 98 valence electrons. The molecule has 19 heavy (non-hydrogen) atoms. The number of hydrogen-bond donors (Lipinski definition) is 2. The fraction of sp³-hybridized carbons (Fsp3) is 0.267. The zero-order chi connectivity index (χ0) is 13.2. The summed E-state index contributed by atoms with van der Waals surface area (Å²) in [5, 5.41) is 8.37. The first kappa shape index (κ1) is 12.2.